The maximum atomic E-state index is 12.3. The zero-order valence-electron chi connectivity index (χ0n) is 10.4. The zero-order valence-corrected chi connectivity index (χ0v) is 11.1. The monoisotopic (exact) mass is 287 g/mol. The minimum absolute atomic E-state index is 0.0831. The summed E-state index contributed by atoms with van der Waals surface area (Å²) in [7, 11) is 0. The third-order valence-electron chi connectivity index (χ3n) is 3.08. The molecule has 1 N–H and O–H groups in total. The molecule has 5 heteroatoms. The van der Waals surface area contributed by atoms with Crippen LogP contribution in [-0.4, -0.2) is 11.6 Å². The van der Waals surface area contributed by atoms with Crippen molar-refractivity contribution in [3.8, 4) is 0 Å². The van der Waals surface area contributed by atoms with Gasteiger partial charge in [0.05, 0.1) is 12.8 Å². The summed E-state index contributed by atoms with van der Waals surface area (Å²) in [5.74, 6) is 0.0293. The molecule has 4 nitrogen and oxygen atoms in total. The SMILES string of the molecule is O=C1C(Cl)=C(NCc2ccco2)C(=O)c2ccccc21. The normalized spacial score (nSPS) is 14.4. The van der Waals surface area contributed by atoms with Gasteiger partial charge in [-0.05, 0) is 12.1 Å². The number of carbonyl (C=O) groups excluding carboxylic acids is 2. The van der Waals surface area contributed by atoms with E-state index in [-0.39, 0.29) is 22.3 Å². The lowest BCUT2D eigenvalue weighted by molar-refractivity contribution is 0.0974. The van der Waals surface area contributed by atoms with Crippen LogP contribution in [0.25, 0.3) is 0 Å². The van der Waals surface area contributed by atoms with Crippen molar-refractivity contribution in [1.29, 1.82) is 0 Å². The molecule has 3 rings (SSSR count). The third kappa shape index (κ3) is 2.04. The Morgan fingerprint density at radius 3 is 2.35 bits per heavy atom. The molecule has 1 aromatic heterocycles. The molecule has 1 aliphatic carbocycles. The Kier molecular flexibility index (Phi) is 3.16. The minimum atomic E-state index is -0.344. The van der Waals surface area contributed by atoms with Crippen LogP contribution in [0.15, 0.2) is 57.8 Å². The third-order valence-corrected chi connectivity index (χ3v) is 3.44. The van der Waals surface area contributed by atoms with Crippen LogP contribution in [0.2, 0.25) is 0 Å². The Labute approximate surface area is 120 Å². The molecule has 0 fully saturated rings. The predicted molar refractivity (Wildman–Crippen MR) is 73.5 cm³/mol. The maximum Gasteiger partial charge on any atom is 0.211 e. The number of fused-ring (bicyclic) bond motifs is 1. The van der Waals surface area contributed by atoms with E-state index in [1.54, 1.807) is 36.4 Å². The van der Waals surface area contributed by atoms with E-state index in [4.69, 9.17) is 16.0 Å². The molecule has 20 heavy (non-hydrogen) atoms. The summed E-state index contributed by atoms with van der Waals surface area (Å²) in [6.45, 7) is 0.291. The summed E-state index contributed by atoms with van der Waals surface area (Å²) in [5.41, 5.74) is 0.821. The zero-order chi connectivity index (χ0) is 14.1. The summed E-state index contributed by atoms with van der Waals surface area (Å²) < 4.78 is 5.17. The molecule has 0 radical (unpaired) electrons. The Morgan fingerprint density at radius 2 is 1.70 bits per heavy atom. The van der Waals surface area contributed by atoms with E-state index in [2.05, 4.69) is 5.32 Å². The molecule has 1 aromatic carbocycles. The molecule has 0 unspecified atom stereocenters. The smallest absolute Gasteiger partial charge is 0.211 e. The van der Waals surface area contributed by atoms with Crippen LogP contribution in [0, 0.1) is 0 Å². The van der Waals surface area contributed by atoms with Crippen LogP contribution in [0.3, 0.4) is 0 Å². The number of furan rings is 1. The van der Waals surface area contributed by atoms with Gasteiger partial charge in [-0.1, -0.05) is 35.9 Å². The van der Waals surface area contributed by atoms with Crippen molar-refractivity contribution in [3.05, 3.63) is 70.3 Å². The van der Waals surface area contributed by atoms with Gasteiger partial charge in [0.15, 0.2) is 0 Å². The topological polar surface area (TPSA) is 59.3 Å². The van der Waals surface area contributed by atoms with E-state index < -0.39 is 0 Å². The summed E-state index contributed by atoms with van der Waals surface area (Å²) in [5, 5.41) is 2.80. The van der Waals surface area contributed by atoms with Crippen molar-refractivity contribution in [2.24, 2.45) is 0 Å². The first kappa shape index (κ1) is 12.7. The molecule has 0 spiro atoms. The highest BCUT2D eigenvalue weighted by Gasteiger charge is 2.30. The molecule has 1 aliphatic rings. The highest BCUT2D eigenvalue weighted by Crippen LogP contribution is 2.27. The number of halogens is 1. The van der Waals surface area contributed by atoms with Gasteiger partial charge in [0.25, 0.3) is 0 Å². The number of benzene rings is 1. The van der Waals surface area contributed by atoms with Gasteiger partial charge in [-0.15, -0.1) is 0 Å². The summed E-state index contributed by atoms with van der Waals surface area (Å²) in [6.07, 6.45) is 1.54. The maximum absolute atomic E-state index is 12.3. The van der Waals surface area contributed by atoms with Gasteiger partial charge in [-0.3, -0.25) is 9.59 Å². The first-order chi connectivity index (χ1) is 9.68. The summed E-state index contributed by atoms with van der Waals surface area (Å²) in [4.78, 5) is 24.5. The molecular weight excluding hydrogens is 278 g/mol. The summed E-state index contributed by atoms with van der Waals surface area (Å²) >= 11 is 6.01. The average Bonchev–Trinajstić information content (AvgIpc) is 2.98. The number of allylic oxidation sites excluding steroid dienone is 2. The van der Waals surface area contributed by atoms with Crippen LogP contribution < -0.4 is 5.32 Å². The first-order valence-corrected chi connectivity index (χ1v) is 6.40. The minimum Gasteiger partial charge on any atom is -0.467 e. The molecule has 2 aromatic rings. The Morgan fingerprint density at radius 1 is 1.00 bits per heavy atom. The highest BCUT2D eigenvalue weighted by molar-refractivity contribution is 6.49. The standard InChI is InChI=1S/C15H10ClNO3/c16-12-13(17-8-9-4-3-7-20-9)15(19)11-6-2-1-5-10(11)14(12)18/h1-7,17H,8H2. The predicted octanol–water partition coefficient (Wildman–Crippen LogP) is 2.90. The average molecular weight is 288 g/mol. The van der Waals surface area contributed by atoms with Crippen molar-refractivity contribution in [2.45, 2.75) is 6.54 Å². The molecule has 0 saturated carbocycles. The molecule has 0 amide bonds. The number of ketones is 2. The van der Waals surface area contributed by atoms with Crippen LogP contribution in [0.5, 0.6) is 0 Å². The van der Waals surface area contributed by atoms with Gasteiger partial charge in [0.2, 0.25) is 11.6 Å². The van der Waals surface area contributed by atoms with E-state index >= 15 is 0 Å². The number of Topliss-reactive ketones (excluding diaryl/α,β-unsaturated/α-hetero) is 2. The van der Waals surface area contributed by atoms with E-state index in [1.807, 2.05) is 0 Å². The number of rotatable bonds is 3. The molecule has 0 aliphatic heterocycles. The second-order valence-electron chi connectivity index (χ2n) is 4.33. The second-order valence-corrected chi connectivity index (χ2v) is 4.70. The lowest BCUT2D eigenvalue weighted by atomic mass is 9.92. The molecule has 0 bridgehead atoms. The van der Waals surface area contributed by atoms with Crippen molar-refractivity contribution >= 4 is 23.2 Å². The van der Waals surface area contributed by atoms with E-state index in [0.717, 1.165) is 0 Å². The fourth-order valence-corrected chi connectivity index (χ4v) is 2.35. The number of hydrogen-bond donors (Lipinski definition) is 1. The van der Waals surface area contributed by atoms with Crippen LogP contribution >= 0.6 is 11.6 Å². The number of hydrogen-bond acceptors (Lipinski definition) is 4. The molecule has 1 heterocycles. The summed E-state index contributed by atoms with van der Waals surface area (Å²) in [6, 6.07) is 10.2. The molecule has 0 atom stereocenters. The number of carbonyl (C=O) groups is 2. The van der Waals surface area contributed by atoms with Crippen molar-refractivity contribution < 1.29 is 14.0 Å². The second kappa shape index (κ2) is 4.98. The van der Waals surface area contributed by atoms with E-state index in [9.17, 15) is 9.59 Å². The van der Waals surface area contributed by atoms with Gasteiger partial charge in [-0.2, -0.15) is 0 Å². The Balaban J connectivity index is 1.93. The fraction of sp³-hybridized carbons (Fsp3) is 0.0667. The lowest BCUT2D eigenvalue weighted by Crippen LogP contribution is -2.28. The van der Waals surface area contributed by atoms with Gasteiger partial charge >= 0.3 is 0 Å². The van der Waals surface area contributed by atoms with Gasteiger partial charge < -0.3 is 9.73 Å². The number of nitrogens with one attached hydrogen (secondary N) is 1. The van der Waals surface area contributed by atoms with Crippen LogP contribution in [-0.2, 0) is 6.54 Å². The highest BCUT2D eigenvalue weighted by atomic mass is 35.5. The van der Waals surface area contributed by atoms with Crippen LogP contribution in [0.4, 0.5) is 0 Å². The molecular formula is C15H10ClNO3. The Bertz CT molecular complexity index is 716. The first-order valence-electron chi connectivity index (χ1n) is 6.03. The quantitative estimate of drug-likeness (QED) is 0.943. The Hall–Kier alpha value is -2.33. The van der Waals surface area contributed by atoms with Gasteiger partial charge in [-0.25, -0.2) is 0 Å². The van der Waals surface area contributed by atoms with Crippen LogP contribution in [0.1, 0.15) is 26.5 Å². The molecule has 0 saturated heterocycles. The largest absolute Gasteiger partial charge is 0.467 e. The fourth-order valence-electron chi connectivity index (χ4n) is 2.09. The van der Waals surface area contributed by atoms with Gasteiger partial charge in [0, 0.05) is 11.1 Å². The molecule has 100 valence electrons. The lowest BCUT2D eigenvalue weighted by Gasteiger charge is -2.18. The van der Waals surface area contributed by atoms with Crippen molar-refractivity contribution in [3.63, 3.8) is 0 Å². The van der Waals surface area contributed by atoms with Crippen molar-refractivity contribution in [2.75, 3.05) is 0 Å². The van der Waals surface area contributed by atoms with Crippen molar-refractivity contribution in [1.82, 2.24) is 5.32 Å². The van der Waals surface area contributed by atoms with E-state index in [1.165, 1.54) is 6.26 Å². The van der Waals surface area contributed by atoms with E-state index in [0.29, 0.717) is 23.4 Å². The van der Waals surface area contributed by atoms with Gasteiger partial charge in [0.1, 0.15) is 16.5 Å².